The van der Waals surface area contributed by atoms with E-state index in [1.807, 2.05) is 6.92 Å². The van der Waals surface area contributed by atoms with Gasteiger partial charge in [0.15, 0.2) is 0 Å². The average molecular weight is 417 g/mol. The second-order valence-corrected chi connectivity index (χ2v) is 9.98. The Morgan fingerprint density at radius 2 is 1.87 bits per heavy atom. The van der Waals surface area contributed by atoms with Gasteiger partial charge in [-0.05, 0) is 83.5 Å². The van der Waals surface area contributed by atoms with Crippen LogP contribution in [0.4, 0.5) is 0 Å². The van der Waals surface area contributed by atoms with Gasteiger partial charge < -0.3 is 10.2 Å². The molecule has 30 heavy (non-hydrogen) atoms. The Kier molecular flexibility index (Phi) is 13.1. The number of aliphatic hydroxyl groups excluding tert-OH is 2. The maximum absolute atomic E-state index is 10.3. The van der Waals surface area contributed by atoms with Gasteiger partial charge in [0.1, 0.15) is 0 Å². The van der Waals surface area contributed by atoms with Gasteiger partial charge in [0, 0.05) is 5.92 Å². The number of allylic oxidation sites excluding steroid dienone is 7. The summed E-state index contributed by atoms with van der Waals surface area (Å²) in [5.41, 5.74) is 4.43. The quantitative estimate of drug-likeness (QED) is 0.208. The Bertz CT molecular complexity index is 596. The minimum absolute atomic E-state index is 0.153. The van der Waals surface area contributed by atoms with Gasteiger partial charge >= 0.3 is 0 Å². The molecule has 0 aliphatic heterocycles. The van der Waals surface area contributed by atoms with Crippen molar-refractivity contribution in [2.75, 3.05) is 0 Å². The molecule has 2 nitrogen and oxygen atoms in total. The van der Waals surface area contributed by atoms with Crippen molar-refractivity contribution in [1.82, 2.24) is 0 Å². The molecule has 0 radical (unpaired) electrons. The molecule has 1 aliphatic rings. The van der Waals surface area contributed by atoms with Crippen molar-refractivity contribution in [2.24, 2.45) is 17.8 Å². The van der Waals surface area contributed by atoms with E-state index in [1.54, 1.807) is 0 Å². The van der Waals surface area contributed by atoms with E-state index in [9.17, 15) is 10.2 Å². The lowest BCUT2D eigenvalue weighted by molar-refractivity contribution is 0.149. The van der Waals surface area contributed by atoms with Gasteiger partial charge in [0.2, 0.25) is 0 Å². The Morgan fingerprint density at radius 3 is 2.53 bits per heavy atom. The molecule has 0 saturated heterocycles. The summed E-state index contributed by atoms with van der Waals surface area (Å²) in [6, 6.07) is 0. The van der Waals surface area contributed by atoms with Crippen molar-refractivity contribution in [3.8, 4) is 0 Å². The fraction of sp³-hybridized carbons (Fsp3) is 0.714. The van der Waals surface area contributed by atoms with Crippen LogP contribution in [0.5, 0.6) is 0 Å². The maximum Gasteiger partial charge on any atom is 0.0879 e. The fourth-order valence-corrected chi connectivity index (χ4v) is 4.13. The first kappa shape index (κ1) is 26.8. The number of aliphatic hydroxyl groups is 2. The molecule has 0 bridgehead atoms. The summed E-state index contributed by atoms with van der Waals surface area (Å²) in [5.74, 6) is 1.89. The molecule has 1 rings (SSSR count). The van der Waals surface area contributed by atoms with Gasteiger partial charge in [0.25, 0.3) is 0 Å². The molecule has 1 aliphatic carbocycles. The van der Waals surface area contributed by atoms with Crippen molar-refractivity contribution in [1.29, 1.82) is 0 Å². The molecule has 2 N–H and O–H groups in total. The van der Waals surface area contributed by atoms with Gasteiger partial charge in [-0.2, -0.15) is 0 Å². The summed E-state index contributed by atoms with van der Waals surface area (Å²) >= 11 is 0. The average Bonchev–Trinajstić information content (AvgIpc) is 2.68. The van der Waals surface area contributed by atoms with Crippen LogP contribution in [0.2, 0.25) is 0 Å². The van der Waals surface area contributed by atoms with Crippen LogP contribution in [0.25, 0.3) is 0 Å². The standard InChI is InChI=1S/C28H48O2/c1-21(12-8-14-24(4)26(6)29)10-7-11-22(2)13-9-15-28(30)19-18-27-17-16-23(3)25(5)20-27/h10,16-17,22,24-25,28-30H,6-9,11-15,18-20H2,1-5H3/b21-10+. The van der Waals surface area contributed by atoms with Crippen LogP contribution < -0.4 is 0 Å². The highest BCUT2D eigenvalue weighted by atomic mass is 16.3. The Balaban J connectivity index is 2.10. The predicted molar refractivity (Wildman–Crippen MR) is 132 cm³/mol. The molecule has 0 aromatic carbocycles. The monoisotopic (exact) mass is 416 g/mol. The molecule has 4 atom stereocenters. The van der Waals surface area contributed by atoms with Crippen LogP contribution in [0, 0.1) is 17.8 Å². The molecule has 0 fully saturated rings. The molecule has 0 saturated carbocycles. The lowest BCUT2D eigenvalue weighted by Crippen LogP contribution is -2.09. The van der Waals surface area contributed by atoms with Gasteiger partial charge in [-0.1, -0.05) is 75.1 Å². The molecule has 0 heterocycles. The topological polar surface area (TPSA) is 40.5 Å². The highest BCUT2D eigenvalue weighted by molar-refractivity contribution is 5.24. The third-order valence-electron chi connectivity index (χ3n) is 6.89. The Morgan fingerprint density at radius 1 is 1.13 bits per heavy atom. The minimum Gasteiger partial charge on any atom is -0.513 e. The summed E-state index contributed by atoms with van der Waals surface area (Å²) in [6.45, 7) is 14.7. The zero-order chi connectivity index (χ0) is 22.5. The van der Waals surface area contributed by atoms with Crippen molar-refractivity contribution >= 4 is 0 Å². The number of rotatable bonds is 15. The fourth-order valence-electron chi connectivity index (χ4n) is 4.13. The highest BCUT2D eigenvalue weighted by Gasteiger charge is 2.13. The van der Waals surface area contributed by atoms with Crippen LogP contribution >= 0.6 is 0 Å². The van der Waals surface area contributed by atoms with Crippen molar-refractivity contribution in [3.63, 3.8) is 0 Å². The van der Waals surface area contributed by atoms with Gasteiger partial charge in [-0.25, -0.2) is 0 Å². The molecule has 4 unspecified atom stereocenters. The van der Waals surface area contributed by atoms with Gasteiger partial charge in [-0.15, -0.1) is 0 Å². The first-order valence-corrected chi connectivity index (χ1v) is 12.3. The van der Waals surface area contributed by atoms with E-state index in [4.69, 9.17) is 0 Å². The zero-order valence-electron chi connectivity index (χ0n) is 20.4. The zero-order valence-corrected chi connectivity index (χ0v) is 20.4. The van der Waals surface area contributed by atoms with Crippen molar-refractivity contribution in [3.05, 3.63) is 47.3 Å². The van der Waals surface area contributed by atoms with E-state index in [-0.39, 0.29) is 12.0 Å². The molecule has 0 spiro atoms. The second-order valence-electron chi connectivity index (χ2n) is 9.98. The van der Waals surface area contributed by atoms with Crippen LogP contribution in [-0.4, -0.2) is 16.3 Å². The molecule has 2 heteroatoms. The maximum atomic E-state index is 10.3. The van der Waals surface area contributed by atoms with E-state index in [0.717, 1.165) is 57.8 Å². The normalized spacial score (nSPS) is 20.3. The minimum atomic E-state index is -0.153. The first-order chi connectivity index (χ1) is 14.2. The molecular formula is C28H48O2. The van der Waals surface area contributed by atoms with Gasteiger partial charge in [0.05, 0.1) is 11.9 Å². The molecule has 0 aromatic rings. The molecule has 0 aromatic heterocycles. The Hall–Kier alpha value is -1.28. The van der Waals surface area contributed by atoms with Crippen molar-refractivity contribution < 1.29 is 10.2 Å². The van der Waals surface area contributed by atoms with Crippen molar-refractivity contribution in [2.45, 2.75) is 111 Å². The summed E-state index contributed by atoms with van der Waals surface area (Å²) in [5, 5.41) is 19.7. The molecule has 172 valence electrons. The van der Waals surface area contributed by atoms with E-state index in [2.05, 4.69) is 52.5 Å². The summed E-state index contributed by atoms with van der Waals surface area (Å²) in [7, 11) is 0. The SMILES string of the molecule is C=C(O)C(C)CCC/C(C)=C/CCC(C)CCCC(O)CCC1=CC=C(C)C(C)C1. The first-order valence-electron chi connectivity index (χ1n) is 12.3. The third-order valence-corrected chi connectivity index (χ3v) is 6.89. The second kappa shape index (κ2) is 14.7. The van der Waals surface area contributed by atoms with E-state index in [1.165, 1.54) is 29.6 Å². The van der Waals surface area contributed by atoms with E-state index in [0.29, 0.717) is 17.6 Å². The van der Waals surface area contributed by atoms with Crippen LogP contribution in [-0.2, 0) is 0 Å². The highest BCUT2D eigenvalue weighted by Crippen LogP contribution is 2.28. The summed E-state index contributed by atoms with van der Waals surface area (Å²) in [4.78, 5) is 0. The van der Waals surface area contributed by atoms with Crippen LogP contribution in [0.3, 0.4) is 0 Å². The van der Waals surface area contributed by atoms with Crippen LogP contribution in [0.15, 0.2) is 47.3 Å². The Labute approximate surface area is 186 Å². The van der Waals surface area contributed by atoms with Crippen LogP contribution in [0.1, 0.15) is 105 Å². The predicted octanol–water partition coefficient (Wildman–Crippen LogP) is 8.45. The third kappa shape index (κ3) is 11.8. The molecule has 0 amide bonds. The lowest BCUT2D eigenvalue weighted by Gasteiger charge is -2.20. The molecular weight excluding hydrogens is 368 g/mol. The summed E-state index contributed by atoms with van der Waals surface area (Å²) in [6.07, 6.45) is 18.7. The van der Waals surface area contributed by atoms with E-state index >= 15 is 0 Å². The largest absolute Gasteiger partial charge is 0.513 e. The summed E-state index contributed by atoms with van der Waals surface area (Å²) < 4.78 is 0. The number of hydrogen-bond donors (Lipinski definition) is 2. The van der Waals surface area contributed by atoms with E-state index < -0.39 is 0 Å². The lowest BCUT2D eigenvalue weighted by atomic mass is 9.87. The number of hydrogen-bond acceptors (Lipinski definition) is 2. The smallest absolute Gasteiger partial charge is 0.0879 e. The van der Waals surface area contributed by atoms with Gasteiger partial charge in [-0.3, -0.25) is 0 Å².